The standard InChI is InChI=1S/C13H17FN4/c1-8-4-5-12(14)10(6-8)13(17-15)11-7-16-18(3)9(11)2/h4-7,13,17H,15H2,1-3H3. The van der Waals surface area contributed by atoms with Crippen molar-refractivity contribution >= 4 is 0 Å². The molecule has 0 aliphatic heterocycles. The molecule has 18 heavy (non-hydrogen) atoms. The van der Waals surface area contributed by atoms with Gasteiger partial charge in [0.15, 0.2) is 0 Å². The summed E-state index contributed by atoms with van der Waals surface area (Å²) < 4.78 is 15.7. The summed E-state index contributed by atoms with van der Waals surface area (Å²) in [5.41, 5.74) is 6.03. The third kappa shape index (κ3) is 2.14. The zero-order valence-electron chi connectivity index (χ0n) is 10.7. The fraction of sp³-hybridized carbons (Fsp3) is 0.308. The number of benzene rings is 1. The first-order valence-corrected chi connectivity index (χ1v) is 5.75. The molecule has 1 unspecified atom stereocenters. The van der Waals surface area contributed by atoms with Crippen LogP contribution in [0.15, 0.2) is 24.4 Å². The Bertz CT molecular complexity index is 562. The molecule has 0 saturated carbocycles. The maximum absolute atomic E-state index is 13.9. The molecule has 5 heteroatoms. The summed E-state index contributed by atoms with van der Waals surface area (Å²) in [5, 5.41) is 4.16. The van der Waals surface area contributed by atoms with Gasteiger partial charge in [-0.05, 0) is 19.9 Å². The van der Waals surface area contributed by atoms with Crippen LogP contribution in [-0.2, 0) is 7.05 Å². The SMILES string of the molecule is Cc1ccc(F)c(C(NN)c2cnn(C)c2C)c1. The van der Waals surface area contributed by atoms with Gasteiger partial charge in [0.05, 0.1) is 12.2 Å². The quantitative estimate of drug-likeness (QED) is 0.642. The minimum Gasteiger partial charge on any atom is -0.273 e. The van der Waals surface area contributed by atoms with Crippen LogP contribution in [0.2, 0.25) is 0 Å². The molecular formula is C13H17FN4. The number of nitrogens with two attached hydrogens (primary N) is 1. The van der Waals surface area contributed by atoms with Gasteiger partial charge in [0.1, 0.15) is 5.82 Å². The monoisotopic (exact) mass is 248 g/mol. The van der Waals surface area contributed by atoms with Crippen LogP contribution in [0, 0.1) is 19.7 Å². The van der Waals surface area contributed by atoms with Crippen LogP contribution < -0.4 is 11.3 Å². The van der Waals surface area contributed by atoms with Crippen LogP contribution in [0.3, 0.4) is 0 Å². The lowest BCUT2D eigenvalue weighted by molar-refractivity contribution is 0.557. The van der Waals surface area contributed by atoms with Crippen LogP contribution in [-0.4, -0.2) is 9.78 Å². The highest BCUT2D eigenvalue weighted by Crippen LogP contribution is 2.26. The molecule has 0 amide bonds. The Kier molecular flexibility index (Phi) is 3.45. The van der Waals surface area contributed by atoms with Crippen molar-refractivity contribution in [1.29, 1.82) is 0 Å². The van der Waals surface area contributed by atoms with Gasteiger partial charge in [-0.1, -0.05) is 17.7 Å². The van der Waals surface area contributed by atoms with Crippen molar-refractivity contribution < 1.29 is 4.39 Å². The largest absolute Gasteiger partial charge is 0.273 e. The number of hydrazine groups is 1. The zero-order chi connectivity index (χ0) is 13.3. The maximum atomic E-state index is 13.9. The van der Waals surface area contributed by atoms with Crippen molar-refractivity contribution in [3.8, 4) is 0 Å². The van der Waals surface area contributed by atoms with Gasteiger partial charge in [-0.15, -0.1) is 0 Å². The molecule has 0 spiro atoms. The predicted octanol–water partition coefficient (Wildman–Crippen LogP) is 1.73. The zero-order valence-corrected chi connectivity index (χ0v) is 10.7. The fourth-order valence-electron chi connectivity index (χ4n) is 2.03. The van der Waals surface area contributed by atoms with Gasteiger partial charge < -0.3 is 0 Å². The fourth-order valence-corrected chi connectivity index (χ4v) is 2.03. The average Bonchev–Trinajstić information content (AvgIpc) is 2.67. The summed E-state index contributed by atoms with van der Waals surface area (Å²) in [6, 6.07) is 4.61. The number of hydrogen-bond acceptors (Lipinski definition) is 3. The first kappa shape index (κ1) is 12.7. The van der Waals surface area contributed by atoms with Crippen LogP contribution in [0.5, 0.6) is 0 Å². The smallest absolute Gasteiger partial charge is 0.128 e. The Morgan fingerprint density at radius 3 is 2.61 bits per heavy atom. The molecule has 1 aromatic carbocycles. The third-order valence-electron chi connectivity index (χ3n) is 3.21. The highest BCUT2D eigenvalue weighted by Gasteiger charge is 2.20. The van der Waals surface area contributed by atoms with Crippen LogP contribution >= 0.6 is 0 Å². The molecule has 0 radical (unpaired) electrons. The van der Waals surface area contributed by atoms with E-state index in [1.165, 1.54) is 6.07 Å². The number of aromatic nitrogens is 2. The Labute approximate surface area is 106 Å². The van der Waals surface area contributed by atoms with E-state index >= 15 is 0 Å². The molecule has 2 rings (SSSR count). The summed E-state index contributed by atoms with van der Waals surface area (Å²) in [6.45, 7) is 3.85. The highest BCUT2D eigenvalue weighted by atomic mass is 19.1. The molecular weight excluding hydrogens is 231 g/mol. The average molecular weight is 248 g/mol. The van der Waals surface area contributed by atoms with E-state index in [2.05, 4.69) is 10.5 Å². The number of aryl methyl sites for hydroxylation is 2. The Balaban J connectivity index is 2.51. The molecule has 0 fully saturated rings. The van der Waals surface area contributed by atoms with E-state index < -0.39 is 6.04 Å². The minimum absolute atomic E-state index is 0.271. The normalized spacial score (nSPS) is 12.7. The first-order valence-electron chi connectivity index (χ1n) is 5.75. The third-order valence-corrected chi connectivity index (χ3v) is 3.21. The molecule has 96 valence electrons. The Morgan fingerprint density at radius 2 is 2.06 bits per heavy atom. The lowest BCUT2D eigenvalue weighted by Crippen LogP contribution is -2.30. The van der Waals surface area contributed by atoms with E-state index in [0.29, 0.717) is 5.56 Å². The van der Waals surface area contributed by atoms with Crippen molar-refractivity contribution in [3.63, 3.8) is 0 Å². The van der Waals surface area contributed by atoms with Crippen molar-refractivity contribution in [2.45, 2.75) is 19.9 Å². The minimum atomic E-state index is -0.390. The molecule has 0 aliphatic rings. The maximum Gasteiger partial charge on any atom is 0.128 e. The lowest BCUT2D eigenvalue weighted by Gasteiger charge is -2.17. The topological polar surface area (TPSA) is 55.9 Å². The first-order chi connectivity index (χ1) is 8.54. The molecule has 1 heterocycles. The molecule has 2 aromatic rings. The van der Waals surface area contributed by atoms with Gasteiger partial charge in [-0.2, -0.15) is 5.10 Å². The van der Waals surface area contributed by atoms with Crippen molar-refractivity contribution in [2.24, 2.45) is 12.9 Å². The Morgan fingerprint density at radius 1 is 1.33 bits per heavy atom. The van der Waals surface area contributed by atoms with E-state index in [0.717, 1.165) is 16.8 Å². The molecule has 4 nitrogen and oxygen atoms in total. The summed E-state index contributed by atoms with van der Waals surface area (Å²) in [5.74, 6) is 5.31. The summed E-state index contributed by atoms with van der Waals surface area (Å²) in [6.07, 6.45) is 1.71. The van der Waals surface area contributed by atoms with E-state index in [4.69, 9.17) is 5.84 Å². The van der Waals surface area contributed by atoms with Crippen LogP contribution in [0.25, 0.3) is 0 Å². The van der Waals surface area contributed by atoms with E-state index in [9.17, 15) is 4.39 Å². The number of hydrogen-bond donors (Lipinski definition) is 2. The van der Waals surface area contributed by atoms with Crippen molar-refractivity contribution in [3.05, 3.63) is 52.6 Å². The number of rotatable bonds is 3. The van der Waals surface area contributed by atoms with Gasteiger partial charge in [0, 0.05) is 23.9 Å². The second kappa shape index (κ2) is 4.88. The second-order valence-corrected chi connectivity index (χ2v) is 4.43. The van der Waals surface area contributed by atoms with Crippen LogP contribution in [0.4, 0.5) is 4.39 Å². The van der Waals surface area contributed by atoms with Gasteiger partial charge >= 0.3 is 0 Å². The van der Waals surface area contributed by atoms with Gasteiger partial charge in [0.2, 0.25) is 0 Å². The summed E-state index contributed by atoms with van der Waals surface area (Å²) in [4.78, 5) is 0. The number of nitrogens with one attached hydrogen (secondary N) is 1. The van der Waals surface area contributed by atoms with E-state index in [-0.39, 0.29) is 5.82 Å². The molecule has 1 aromatic heterocycles. The molecule has 1 atom stereocenters. The summed E-state index contributed by atoms with van der Waals surface area (Å²) in [7, 11) is 1.85. The van der Waals surface area contributed by atoms with Gasteiger partial charge in [0.25, 0.3) is 0 Å². The molecule has 0 bridgehead atoms. The van der Waals surface area contributed by atoms with E-state index in [1.807, 2.05) is 20.9 Å². The second-order valence-electron chi connectivity index (χ2n) is 4.43. The van der Waals surface area contributed by atoms with Crippen molar-refractivity contribution in [1.82, 2.24) is 15.2 Å². The number of nitrogens with zero attached hydrogens (tertiary/aromatic N) is 2. The van der Waals surface area contributed by atoms with Gasteiger partial charge in [-0.25, -0.2) is 9.82 Å². The van der Waals surface area contributed by atoms with E-state index in [1.54, 1.807) is 23.0 Å². The van der Waals surface area contributed by atoms with Gasteiger partial charge in [-0.3, -0.25) is 10.5 Å². The Hall–Kier alpha value is -1.72. The summed E-state index contributed by atoms with van der Waals surface area (Å²) >= 11 is 0. The van der Waals surface area contributed by atoms with Crippen molar-refractivity contribution in [2.75, 3.05) is 0 Å². The highest BCUT2D eigenvalue weighted by molar-refractivity contribution is 5.35. The lowest BCUT2D eigenvalue weighted by atomic mass is 9.98. The predicted molar refractivity (Wildman–Crippen MR) is 68.2 cm³/mol. The molecule has 0 saturated heterocycles. The molecule has 3 N–H and O–H groups in total. The number of halogens is 1. The van der Waals surface area contributed by atoms with Crippen LogP contribution in [0.1, 0.15) is 28.4 Å². The molecule has 0 aliphatic carbocycles.